The lowest BCUT2D eigenvalue weighted by molar-refractivity contribution is 0.107. The Balaban J connectivity index is 1.58. The number of methoxy groups -OCH3 is 1. The van der Waals surface area contributed by atoms with Gasteiger partial charge in [0.25, 0.3) is 0 Å². The summed E-state index contributed by atoms with van der Waals surface area (Å²) >= 11 is 0. The van der Waals surface area contributed by atoms with E-state index in [1.807, 2.05) is 23.9 Å². The molecule has 2 atom stereocenters. The Morgan fingerprint density at radius 2 is 2.08 bits per heavy atom. The van der Waals surface area contributed by atoms with Gasteiger partial charge >= 0.3 is 0 Å². The zero-order valence-electron chi connectivity index (χ0n) is 15.1. The maximum absolute atomic E-state index is 5.63. The molecule has 1 aromatic carbocycles. The third-order valence-corrected chi connectivity index (χ3v) is 5.05. The third-order valence-electron chi connectivity index (χ3n) is 5.05. The first-order valence-corrected chi connectivity index (χ1v) is 8.84. The van der Waals surface area contributed by atoms with E-state index in [0.29, 0.717) is 0 Å². The number of aromatic nitrogens is 4. The Kier molecular flexibility index (Phi) is 4.77. The molecule has 0 amide bonds. The maximum atomic E-state index is 5.63. The first kappa shape index (κ1) is 16.9. The summed E-state index contributed by atoms with van der Waals surface area (Å²) in [6, 6.07) is 12.9. The molecular formula is C20H23N5O. The molecule has 1 aliphatic rings. The summed E-state index contributed by atoms with van der Waals surface area (Å²) < 4.78 is 7.63. The van der Waals surface area contributed by atoms with Crippen molar-refractivity contribution in [3.8, 4) is 11.1 Å². The van der Waals surface area contributed by atoms with Crippen LogP contribution in [0.5, 0.6) is 0 Å². The van der Waals surface area contributed by atoms with E-state index in [0.717, 1.165) is 30.9 Å². The van der Waals surface area contributed by atoms with Crippen LogP contribution in [-0.2, 0) is 18.3 Å². The quantitative estimate of drug-likeness (QED) is 0.709. The molecule has 1 saturated heterocycles. The highest BCUT2D eigenvalue weighted by Gasteiger charge is 2.35. The fourth-order valence-electron chi connectivity index (χ4n) is 3.69. The zero-order chi connectivity index (χ0) is 17.9. The Labute approximate surface area is 153 Å². The Morgan fingerprint density at radius 1 is 1.19 bits per heavy atom. The highest BCUT2D eigenvalue weighted by molar-refractivity contribution is 5.62. The molecule has 134 valence electrons. The van der Waals surface area contributed by atoms with Crippen molar-refractivity contribution in [2.75, 3.05) is 13.7 Å². The van der Waals surface area contributed by atoms with Gasteiger partial charge in [-0.05, 0) is 35.2 Å². The Morgan fingerprint density at radius 3 is 2.81 bits per heavy atom. The van der Waals surface area contributed by atoms with Crippen LogP contribution in [0, 0.1) is 0 Å². The van der Waals surface area contributed by atoms with Gasteiger partial charge in [-0.25, -0.2) is 0 Å². The van der Waals surface area contributed by atoms with Crippen molar-refractivity contribution in [3.63, 3.8) is 0 Å². The smallest absolute Gasteiger partial charge is 0.150 e. The molecule has 4 rings (SSSR count). The average Bonchev–Trinajstić information content (AvgIpc) is 3.28. The van der Waals surface area contributed by atoms with Crippen LogP contribution >= 0.6 is 0 Å². The number of aryl methyl sites for hydroxylation is 1. The van der Waals surface area contributed by atoms with Crippen LogP contribution in [0.2, 0.25) is 0 Å². The number of benzene rings is 1. The molecule has 1 fully saturated rings. The minimum atomic E-state index is 0.217. The highest BCUT2D eigenvalue weighted by Crippen LogP contribution is 2.33. The summed E-state index contributed by atoms with van der Waals surface area (Å²) in [5.41, 5.74) is 3.60. The van der Waals surface area contributed by atoms with E-state index < -0.39 is 0 Å². The van der Waals surface area contributed by atoms with Crippen molar-refractivity contribution in [1.82, 2.24) is 24.6 Å². The van der Waals surface area contributed by atoms with Gasteiger partial charge in [-0.2, -0.15) is 0 Å². The van der Waals surface area contributed by atoms with Crippen LogP contribution in [0.25, 0.3) is 11.1 Å². The van der Waals surface area contributed by atoms with Gasteiger partial charge in [-0.1, -0.05) is 24.3 Å². The number of hydrogen-bond acceptors (Lipinski definition) is 5. The second kappa shape index (κ2) is 7.35. The minimum absolute atomic E-state index is 0.217. The second-order valence-electron chi connectivity index (χ2n) is 6.78. The van der Waals surface area contributed by atoms with Gasteiger partial charge in [0, 0.05) is 39.6 Å². The van der Waals surface area contributed by atoms with E-state index in [1.165, 1.54) is 11.1 Å². The molecular weight excluding hydrogens is 326 g/mol. The molecule has 0 unspecified atom stereocenters. The van der Waals surface area contributed by atoms with Gasteiger partial charge < -0.3 is 9.30 Å². The van der Waals surface area contributed by atoms with Gasteiger partial charge in [0.1, 0.15) is 12.2 Å². The molecule has 0 radical (unpaired) electrons. The highest BCUT2D eigenvalue weighted by atomic mass is 16.5. The van der Waals surface area contributed by atoms with E-state index in [9.17, 15) is 0 Å². The summed E-state index contributed by atoms with van der Waals surface area (Å²) in [5, 5.41) is 8.38. The van der Waals surface area contributed by atoms with Crippen molar-refractivity contribution in [2.45, 2.75) is 25.1 Å². The molecule has 6 nitrogen and oxygen atoms in total. The lowest BCUT2D eigenvalue weighted by Crippen LogP contribution is -2.26. The molecule has 3 aromatic rings. The number of likely N-dealkylation sites (tertiary alicyclic amines) is 1. The number of hydrogen-bond donors (Lipinski definition) is 0. The minimum Gasteiger partial charge on any atom is -0.380 e. The first-order valence-electron chi connectivity index (χ1n) is 8.84. The van der Waals surface area contributed by atoms with Crippen molar-refractivity contribution in [2.24, 2.45) is 7.05 Å². The monoisotopic (exact) mass is 349 g/mol. The lowest BCUT2D eigenvalue weighted by Gasteiger charge is -2.23. The molecule has 1 aliphatic heterocycles. The topological polar surface area (TPSA) is 56.1 Å². The SMILES string of the molecule is CO[C@@H]1C[C@@H](c2nncn2C)N(Cc2cccc(-c3cccnc3)c2)C1. The summed E-state index contributed by atoms with van der Waals surface area (Å²) in [5.74, 6) is 0.993. The zero-order valence-corrected chi connectivity index (χ0v) is 15.1. The van der Waals surface area contributed by atoms with E-state index in [2.05, 4.69) is 50.4 Å². The van der Waals surface area contributed by atoms with Crippen molar-refractivity contribution >= 4 is 0 Å². The average molecular weight is 349 g/mol. The van der Waals surface area contributed by atoms with Gasteiger partial charge in [0.05, 0.1) is 12.1 Å². The lowest BCUT2D eigenvalue weighted by atomic mass is 10.0. The molecule has 0 spiro atoms. The maximum Gasteiger partial charge on any atom is 0.150 e. The summed E-state index contributed by atoms with van der Waals surface area (Å²) in [6.45, 7) is 1.75. The van der Waals surface area contributed by atoms with Gasteiger partial charge in [-0.15, -0.1) is 10.2 Å². The predicted molar refractivity (Wildman–Crippen MR) is 99.2 cm³/mol. The van der Waals surface area contributed by atoms with Crippen LogP contribution in [0.1, 0.15) is 23.9 Å². The van der Waals surface area contributed by atoms with Crippen LogP contribution in [0.15, 0.2) is 55.1 Å². The predicted octanol–water partition coefficient (Wildman–Crippen LogP) is 2.84. The van der Waals surface area contributed by atoms with E-state index in [1.54, 1.807) is 19.6 Å². The largest absolute Gasteiger partial charge is 0.380 e. The number of nitrogens with zero attached hydrogens (tertiary/aromatic N) is 5. The molecule has 2 aromatic heterocycles. The summed E-state index contributed by atoms with van der Waals surface area (Å²) in [7, 11) is 3.78. The van der Waals surface area contributed by atoms with Crippen molar-refractivity contribution in [3.05, 3.63) is 66.5 Å². The standard InChI is InChI=1S/C20H23N5O/c1-24-14-22-23-20(24)19-10-18(26-2)13-25(19)12-15-5-3-6-16(9-15)17-7-4-8-21-11-17/h3-9,11,14,18-19H,10,12-13H2,1-2H3/t18-,19+/m1/s1. The molecule has 0 N–H and O–H groups in total. The molecule has 0 saturated carbocycles. The van der Waals surface area contributed by atoms with E-state index >= 15 is 0 Å². The summed E-state index contributed by atoms with van der Waals surface area (Å²) in [6.07, 6.45) is 6.62. The molecule has 0 bridgehead atoms. The third kappa shape index (κ3) is 3.38. The molecule has 26 heavy (non-hydrogen) atoms. The fraction of sp³-hybridized carbons (Fsp3) is 0.350. The number of rotatable bonds is 5. The van der Waals surface area contributed by atoms with Crippen LogP contribution in [-0.4, -0.2) is 44.4 Å². The molecule has 6 heteroatoms. The van der Waals surface area contributed by atoms with Crippen molar-refractivity contribution < 1.29 is 4.74 Å². The molecule has 0 aliphatic carbocycles. The fourth-order valence-corrected chi connectivity index (χ4v) is 3.69. The van der Waals surface area contributed by atoms with Gasteiger partial charge in [0.15, 0.2) is 0 Å². The van der Waals surface area contributed by atoms with Crippen LogP contribution < -0.4 is 0 Å². The number of ether oxygens (including phenoxy) is 1. The Bertz CT molecular complexity index is 863. The Hall–Kier alpha value is -2.57. The van der Waals surface area contributed by atoms with Gasteiger partial charge in [-0.3, -0.25) is 9.88 Å². The van der Waals surface area contributed by atoms with Crippen molar-refractivity contribution in [1.29, 1.82) is 0 Å². The normalized spacial score (nSPS) is 20.5. The van der Waals surface area contributed by atoms with Gasteiger partial charge in [0.2, 0.25) is 0 Å². The summed E-state index contributed by atoms with van der Waals surface area (Å²) in [4.78, 5) is 6.66. The van der Waals surface area contributed by atoms with Crippen LogP contribution in [0.4, 0.5) is 0 Å². The van der Waals surface area contributed by atoms with E-state index in [4.69, 9.17) is 4.74 Å². The first-order chi connectivity index (χ1) is 12.7. The number of pyridine rings is 1. The van der Waals surface area contributed by atoms with Crippen LogP contribution in [0.3, 0.4) is 0 Å². The van der Waals surface area contributed by atoms with E-state index in [-0.39, 0.29) is 12.1 Å². The molecule has 3 heterocycles. The second-order valence-corrected chi connectivity index (χ2v) is 6.78.